The average molecular weight is 355 g/mol. The average Bonchev–Trinajstić information content (AvgIpc) is 2.63. The Labute approximate surface area is 154 Å². The summed E-state index contributed by atoms with van der Waals surface area (Å²) in [7, 11) is 5.48. The van der Waals surface area contributed by atoms with Crippen LogP contribution >= 0.6 is 0 Å². The highest BCUT2D eigenvalue weighted by atomic mass is 16.5. The molecule has 1 aromatic heterocycles. The van der Waals surface area contributed by atoms with E-state index in [9.17, 15) is 4.79 Å². The Morgan fingerprint density at radius 1 is 1.19 bits per heavy atom. The van der Waals surface area contributed by atoms with Crippen molar-refractivity contribution < 1.29 is 9.53 Å². The molecule has 1 amide bonds. The fourth-order valence-electron chi connectivity index (χ4n) is 2.17. The summed E-state index contributed by atoms with van der Waals surface area (Å²) in [6.45, 7) is 2.93. The van der Waals surface area contributed by atoms with Gasteiger partial charge in [0, 0.05) is 45.0 Å². The summed E-state index contributed by atoms with van der Waals surface area (Å²) in [4.78, 5) is 22.5. The van der Waals surface area contributed by atoms with Crippen LogP contribution in [0.5, 0.6) is 5.75 Å². The Balaban J connectivity index is 1.77. The maximum Gasteiger partial charge on any atom is 0.244 e. The standard InChI is InChI=1S/C19H25N5O2/c1-14-13-17(24(2)3)23-19(22-14)21-12-11-20-18(25)10-7-15-5-8-16(26-4)9-6-15/h5-10,13H,11-12H2,1-4H3,(H,20,25)(H,21,22,23)/b10-7+. The highest BCUT2D eigenvalue weighted by Crippen LogP contribution is 2.12. The van der Waals surface area contributed by atoms with Crippen molar-refractivity contribution in [2.24, 2.45) is 0 Å². The molecule has 0 aliphatic carbocycles. The number of ether oxygens (including phenoxy) is 1. The SMILES string of the molecule is COc1ccc(/C=C/C(=O)NCCNc2nc(C)cc(N(C)C)n2)cc1. The first-order valence-corrected chi connectivity index (χ1v) is 8.35. The van der Waals surface area contributed by atoms with Gasteiger partial charge in [-0.25, -0.2) is 4.98 Å². The van der Waals surface area contributed by atoms with Crippen LogP contribution < -0.4 is 20.3 Å². The Kier molecular flexibility index (Phi) is 6.96. The van der Waals surface area contributed by atoms with E-state index in [1.807, 2.05) is 56.3 Å². The zero-order valence-corrected chi connectivity index (χ0v) is 15.6. The van der Waals surface area contributed by atoms with Gasteiger partial charge in [0.2, 0.25) is 11.9 Å². The number of nitrogens with zero attached hydrogens (tertiary/aromatic N) is 3. The number of hydrogen-bond donors (Lipinski definition) is 2. The molecular weight excluding hydrogens is 330 g/mol. The molecule has 2 rings (SSSR count). The van der Waals surface area contributed by atoms with E-state index in [4.69, 9.17) is 4.74 Å². The zero-order chi connectivity index (χ0) is 18.9. The van der Waals surface area contributed by atoms with E-state index in [1.54, 1.807) is 13.2 Å². The molecule has 1 heterocycles. The summed E-state index contributed by atoms with van der Waals surface area (Å²) < 4.78 is 5.10. The number of carbonyl (C=O) groups excluding carboxylic acids is 1. The van der Waals surface area contributed by atoms with Crippen LogP contribution in [0.25, 0.3) is 6.08 Å². The van der Waals surface area contributed by atoms with E-state index < -0.39 is 0 Å². The first-order chi connectivity index (χ1) is 12.5. The second-order valence-corrected chi connectivity index (χ2v) is 5.91. The van der Waals surface area contributed by atoms with Gasteiger partial charge in [0.25, 0.3) is 0 Å². The number of carbonyl (C=O) groups is 1. The number of rotatable bonds is 8. The lowest BCUT2D eigenvalue weighted by Crippen LogP contribution is -2.27. The number of amides is 1. The van der Waals surface area contributed by atoms with Gasteiger partial charge in [-0.2, -0.15) is 4.98 Å². The van der Waals surface area contributed by atoms with E-state index in [1.165, 1.54) is 6.08 Å². The fourth-order valence-corrected chi connectivity index (χ4v) is 2.17. The number of aryl methyl sites for hydroxylation is 1. The molecule has 0 atom stereocenters. The summed E-state index contributed by atoms with van der Waals surface area (Å²) in [5.41, 5.74) is 1.82. The lowest BCUT2D eigenvalue weighted by Gasteiger charge is -2.13. The second kappa shape index (κ2) is 9.41. The Morgan fingerprint density at radius 3 is 2.58 bits per heavy atom. The molecule has 7 heteroatoms. The van der Waals surface area contributed by atoms with Crippen molar-refractivity contribution in [1.29, 1.82) is 0 Å². The van der Waals surface area contributed by atoms with E-state index in [0.717, 1.165) is 22.8 Å². The number of hydrogen-bond acceptors (Lipinski definition) is 6. The van der Waals surface area contributed by atoms with Crippen molar-refractivity contribution >= 4 is 23.7 Å². The van der Waals surface area contributed by atoms with Gasteiger partial charge < -0.3 is 20.3 Å². The smallest absolute Gasteiger partial charge is 0.244 e. The van der Waals surface area contributed by atoms with Crippen molar-refractivity contribution in [3.63, 3.8) is 0 Å². The van der Waals surface area contributed by atoms with Crippen LogP contribution in [0.3, 0.4) is 0 Å². The molecule has 1 aromatic carbocycles. The van der Waals surface area contributed by atoms with E-state index >= 15 is 0 Å². The zero-order valence-electron chi connectivity index (χ0n) is 15.6. The van der Waals surface area contributed by atoms with Crippen LogP contribution in [-0.2, 0) is 4.79 Å². The molecule has 0 spiro atoms. The fraction of sp³-hybridized carbons (Fsp3) is 0.316. The molecule has 2 N–H and O–H groups in total. The van der Waals surface area contributed by atoms with Crippen molar-refractivity contribution in [1.82, 2.24) is 15.3 Å². The minimum atomic E-state index is -0.151. The third-order valence-corrected chi connectivity index (χ3v) is 3.55. The third-order valence-electron chi connectivity index (χ3n) is 3.55. The lowest BCUT2D eigenvalue weighted by molar-refractivity contribution is -0.116. The summed E-state index contributed by atoms with van der Waals surface area (Å²) in [6, 6.07) is 9.40. The molecule has 26 heavy (non-hydrogen) atoms. The molecule has 0 bridgehead atoms. The number of methoxy groups -OCH3 is 1. The molecule has 0 saturated heterocycles. The van der Waals surface area contributed by atoms with Gasteiger partial charge in [0.15, 0.2) is 0 Å². The van der Waals surface area contributed by atoms with Gasteiger partial charge >= 0.3 is 0 Å². The van der Waals surface area contributed by atoms with Crippen molar-refractivity contribution in [2.45, 2.75) is 6.92 Å². The van der Waals surface area contributed by atoms with Crippen molar-refractivity contribution in [3.8, 4) is 5.75 Å². The topological polar surface area (TPSA) is 79.4 Å². The van der Waals surface area contributed by atoms with Crippen LogP contribution in [0.1, 0.15) is 11.3 Å². The number of anilines is 2. The normalized spacial score (nSPS) is 10.6. The Bertz CT molecular complexity index is 757. The van der Waals surface area contributed by atoms with Crippen molar-refractivity contribution in [3.05, 3.63) is 47.7 Å². The Morgan fingerprint density at radius 2 is 1.92 bits per heavy atom. The van der Waals surface area contributed by atoms with Crippen molar-refractivity contribution in [2.75, 3.05) is 44.5 Å². The number of nitrogens with one attached hydrogen (secondary N) is 2. The number of aromatic nitrogens is 2. The second-order valence-electron chi connectivity index (χ2n) is 5.91. The molecule has 2 aromatic rings. The van der Waals surface area contributed by atoms with Crippen LogP contribution in [0.15, 0.2) is 36.4 Å². The molecule has 0 aliphatic heterocycles. The van der Waals surface area contributed by atoms with E-state index in [2.05, 4.69) is 20.6 Å². The first-order valence-electron chi connectivity index (χ1n) is 8.35. The lowest BCUT2D eigenvalue weighted by atomic mass is 10.2. The molecule has 138 valence electrons. The largest absolute Gasteiger partial charge is 0.497 e. The van der Waals surface area contributed by atoms with Gasteiger partial charge in [-0.3, -0.25) is 4.79 Å². The van der Waals surface area contributed by atoms with Crippen LogP contribution in [0.4, 0.5) is 11.8 Å². The van der Waals surface area contributed by atoms with Crippen LogP contribution in [-0.4, -0.2) is 50.2 Å². The van der Waals surface area contributed by atoms with Gasteiger partial charge in [-0.05, 0) is 30.7 Å². The summed E-state index contributed by atoms with van der Waals surface area (Å²) >= 11 is 0. The van der Waals surface area contributed by atoms with E-state index in [-0.39, 0.29) is 5.91 Å². The molecular formula is C19H25N5O2. The molecule has 0 aliphatic rings. The maximum atomic E-state index is 11.9. The molecule has 0 unspecified atom stereocenters. The molecule has 0 radical (unpaired) electrons. The third kappa shape index (κ3) is 6.08. The highest BCUT2D eigenvalue weighted by molar-refractivity contribution is 5.91. The van der Waals surface area contributed by atoms with Gasteiger partial charge in [-0.15, -0.1) is 0 Å². The predicted octanol–water partition coefficient (Wildman–Crippen LogP) is 2.10. The van der Waals surface area contributed by atoms with Crippen LogP contribution in [0.2, 0.25) is 0 Å². The molecule has 0 fully saturated rings. The maximum absolute atomic E-state index is 11.9. The summed E-state index contributed by atoms with van der Waals surface area (Å²) in [6.07, 6.45) is 3.27. The van der Waals surface area contributed by atoms with Crippen LogP contribution in [0, 0.1) is 6.92 Å². The first kappa shape index (κ1) is 19.2. The quantitative estimate of drug-likeness (QED) is 0.558. The van der Waals surface area contributed by atoms with Gasteiger partial charge in [0.1, 0.15) is 11.6 Å². The molecule has 7 nitrogen and oxygen atoms in total. The predicted molar refractivity (Wildman–Crippen MR) is 105 cm³/mol. The minimum absolute atomic E-state index is 0.151. The highest BCUT2D eigenvalue weighted by Gasteiger charge is 2.03. The summed E-state index contributed by atoms with van der Waals surface area (Å²) in [5.74, 6) is 2.03. The van der Waals surface area contributed by atoms with Gasteiger partial charge in [0.05, 0.1) is 7.11 Å². The van der Waals surface area contributed by atoms with Gasteiger partial charge in [-0.1, -0.05) is 12.1 Å². The number of benzene rings is 1. The van der Waals surface area contributed by atoms with E-state index in [0.29, 0.717) is 19.0 Å². The Hall–Kier alpha value is -3.09. The summed E-state index contributed by atoms with van der Waals surface area (Å²) in [5, 5.41) is 5.94. The minimum Gasteiger partial charge on any atom is -0.497 e. The monoisotopic (exact) mass is 355 g/mol. The molecule has 0 saturated carbocycles.